The fourth-order valence-electron chi connectivity index (χ4n) is 3.51. The summed E-state index contributed by atoms with van der Waals surface area (Å²) >= 11 is 11.3. The molecular weight excluding hydrogens is 459 g/mol. The van der Waals surface area contributed by atoms with Crippen molar-refractivity contribution in [3.8, 4) is 28.9 Å². The van der Waals surface area contributed by atoms with Gasteiger partial charge in [0.15, 0.2) is 0 Å². The van der Waals surface area contributed by atoms with Crippen LogP contribution < -0.4 is 14.2 Å². The number of ether oxygens (including phenoxy) is 3. The first-order valence-electron chi connectivity index (χ1n) is 11.2. The summed E-state index contributed by atoms with van der Waals surface area (Å²) < 4.78 is 20.0. The zero-order valence-corrected chi connectivity index (χ0v) is 21.0. The number of hydrogen-bond donors (Lipinski definition) is 0. The highest BCUT2D eigenvalue weighted by molar-refractivity contribution is 6.55. The zero-order chi connectivity index (χ0) is 23.8. The van der Waals surface area contributed by atoms with E-state index in [-0.39, 0.29) is 4.49 Å². The van der Waals surface area contributed by atoms with Gasteiger partial charge in [0.1, 0.15) is 34.1 Å². The standard InChI is InChI=1S/C26H30Cl2N2O3/c1-5-7-19-17-22(31-16-15-25(27)28)13-14-24(19)32-20-9-11-21(12-10-20)33-26-18(3)23(8-6-2)29-30(26)4/h9-15,17H,5-8,16H2,1-4H3. The molecule has 5 nitrogen and oxygen atoms in total. The van der Waals surface area contributed by atoms with Gasteiger partial charge in [-0.25, -0.2) is 4.68 Å². The number of hydrogen-bond acceptors (Lipinski definition) is 4. The Morgan fingerprint density at radius 1 is 0.939 bits per heavy atom. The molecule has 0 atom stereocenters. The van der Waals surface area contributed by atoms with Crippen molar-refractivity contribution in [3.05, 3.63) is 69.9 Å². The first-order chi connectivity index (χ1) is 15.9. The van der Waals surface area contributed by atoms with Crippen molar-refractivity contribution < 1.29 is 14.2 Å². The Bertz CT molecular complexity index is 1090. The van der Waals surface area contributed by atoms with Crippen LogP contribution in [0.5, 0.6) is 28.9 Å². The first kappa shape index (κ1) is 25.0. The second-order valence-corrected chi connectivity index (χ2v) is 8.76. The predicted molar refractivity (Wildman–Crippen MR) is 134 cm³/mol. The van der Waals surface area contributed by atoms with E-state index in [9.17, 15) is 0 Å². The molecule has 1 aromatic heterocycles. The van der Waals surface area contributed by atoms with Gasteiger partial charge in [-0.05, 0) is 73.9 Å². The molecule has 176 valence electrons. The molecule has 0 saturated heterocycles. The van der Waals surface area contributed by atoms with E-state index in [1.54, 1.807) is 10.8 Å². The van der Waals surface area contributed by atoms with Gasteiger partial charge >= 0.3 is 0 Å². The van der Waals surface area contributed by atoms with Gasteiger partial charge in [-0.15, -0.1) is 0 Å². The molecule has 0 N–H and O–H groups in total. The first-order valence-corrected chi connectivity index (χ1v) is 11.9. The van der Waals surface area contributed by atoms with E-state index in [0.29, 0.717) is 6.61 Å². The maximum absolute atomic E-state index is 6.17. The molecule has 0 bridgehead atoms. The summed E-state index contributed by atoms with van der Waals surface area (Å²) in [5, 5.41) is 4.57. The fourth-order valence-corrected chi connectivity index (χ4v) is 3.64. The van der Waals surface area contributed by atoms with Gasteiger partial charge in [0.2, 0.25) is 5.88 Å². The maximum atomic E-state index is 6.17. The summed E-state index contributed by atoms with van der Waals surface area (Å²) in [6.07, 6.45) is 5.46. The van der Waals surface area contributed by atoms with Gasteiger partial charge in [-0.2, -0.15) is 5.10 Å². The minimum Gasteiger partial charge on any atom is -0.489 e. The van der Waals surface area contributed by atoms with E-state index < -0.39 is 0 Å². The maximum Gasteiger partial charge on any atom is 0.220 e. The minimum atomic E-state index is 0.191. The van der Waals surface area contributed by atoms with Crippen LogP contribution >= 0.6 is 23.2 Å². The van der Waals surface area contributed by atoms with Crippen LogP contribution in [-0.4, -0.2) is 16.4 Å². The fraction of sp³-hybridized carbons (Fsp3) is 0.346. The van der Waals surface area contributed by atoms with E-state index in [0.717, 1.165) is 71.4 Å². The summed E-state index contributed by atoms with van der Waals surface area (Å²) in [7, 11) is 1.90. The molecule has 0 aliphatic rings. The second-order valence-electron chi connectivity index (χ2n) is 7.75. The van der Waals surface area contributed by atoms with Crippen molar-refractivity contribution >= 4 is 23.2 Å². The van der Waals surface area contributed by atoms with Crippen molar-refractivity contribution in [2.75, 3.05) is 6.61 Å². The number of halogens is 2. The monoisotopic (exact) mass is 488 g/mol. The lowest BCUT2D eigenvalue weighted by atomic mass is 10.1. The SMILES string of the molecule is CCCc1cc(OCC=C(Cl)Cl)ccc1Oc1ccc(Oc2c(C)c(CCC)nn2C)cc1. The lowest BCUT2D eigenvalue weighted by Gasteiger charge is -2.13. The molecule has 2 aromatic carbocycles. The van der Waals surface area contributed by atoms with Crippen LogP contribution in [0.15, 0.2) is 53.0 Å². The number of rotatable bonds is 11. The van der Waals surface area contributed by atoms with Gasteiger partial charge in [0.25, 0.3) is 0 Å². The molecule has 0 saturated carbocycles. The Morgan fingerprint density at radius 3 is 2.21 bits per heavy atom. The van der Waals surface area contributed by atoms with E-state index in [1.807, 2.05) is 56.4 Å². The van der Waals surface area contributed by atoms with Crippen molar-refractivity contribution in [1.82, 2.24) is 9.78 Å². The highest BCUT2D eigenvalue weighted by Gasteiger charge is 2.14. The van der Waals surface area contributed by atoms with Crippen molar-refractivity contribution in [2.45, 2.75) is 46.5 Å². The molecule has 0 spiro atoms. The summed E-state index contributed by atoms with van der Waals surface area (Å²) in [5.41, 5.74) is 3.23. The van der Waals surface area contributed by atoms with Crippen LogP contribution in [0.2, 0.25) is 0 Å². The molecular formula is C26H30Cl2N2O3. The van der Waals surface area contributed by atoms with Crippen LogP contribution in [0, 0.1) is 6.92 Å². The van der Waals surface area contributed by atoms with E-state index in [4.69, 9.17) is 37.4 Å². The van der Waals surface area contributed by atoms with Gasteiger partial charge in [0.05, 0.1) is 5.69 Å². The molecule has 0 radical (unpaired) electrons. The van der Waals surface area contributed by atoms with Crippen LogP contribution in [0.3, 0.4) is 0 Å². The quantitative estimate of drug-likeness (QED) is 0.275. The molecule has 0 aliphatic heterocycles. The third-order valence-electron chi connectivity index (χ3n) is 5.11. The summed E-state index contributed by atoms with van der Waals surface area (Å²) in [4.78, 5) is 0. The average molecular weight is 489 g/mol. The van der Waals surface area contributed by atoms with Crippen LogP contribution in [0.1, 0.15) is 43.5 Å². The number of aromatic nitrogens is 2. The Balaban J connectivity index is 1.71. The highest BCUT2D eigenvalue weighted by atomic mass is 35.5. The molecule has 0 amide bonds. The van der Waals surface area contributed by atoms with Crippen molar-refractivity contribution in [3.63, 3.8) is 0 Å². The molecule has 33 heavy (non-hydrogen) atoms. The third-order valence-corrected chi connectivity index (χ3v) is 5.42. The molecule has 1 heterocycles. The normalized spacial score (nSPS) is 10.7. The van der Waals surface area contributed by atoms with E-state index >= 15 is 0 Å². The summed E-state index contributed by atoms with van der Waals surface area (Å²) in [5.74, 6) is 3.78. The number of aryl methyl sites for hydroxylation is 3. The smallest absolute Gasteiger partial charge is 0.220 e. The average Bonchev–Trinajstić information content (AvgIpc) is 3.04. The number of nitrogens with zero attached hydrogens (tertiary/aromatic N) is 2. The van der Waals surface area contributed by atoms with E-state index in [2.05, 4.69) is 18.9 Å². The van der Waals surface area contributed by atoms with Gasteiger partial charge in [0, 0.05) is 12.6 Å². The third kappa shape index (κ3) is 6.92. The molecule has 0 unspecified atom stereocenters. The largest absolute Gasteiger partial charge is 0.489 e. The van der Waals surface area contributed by atoms with Gasteiger partial charge in [-0.3, -0.25) is 0 Å². The topological polar surface area (TPSA) is 45.5 Å². The molecule has 0 fully saturated rings. The van der Waals surface area contributed by atoms with Gasteiger partial charge in [-0.1, -0.05) is 49.9 Å². The molecule has 3 rings (SSSR count). The Morgan fingerprint density at radius 2 is 1.58 bits per heavy atom. The zero-order valence-electron chi connectivity index (χ0n) is 19.5. The highest BCUT2D eigenvalue weighted by Crippen LogP contribution is 2.32. The summed E-state index contributed by atoms with van der Waals surface area (Å²) in [6.45, 7) is 6.64. The lowest BCUT2D eigenvalue weighted by Crippen LogP contribution is -1.97. The Labute approximate surface area is 205 Å². The summed E-state index contributed by atoms with van der Waals surface area (Å²) in [6, 6.07) is 13.4. The van der Waals surface area contributed by atoms with Crippen LogP contribution in [0.25, 0.3) is 0 Å². The molecule has 3 aromatic rings. The molecule has 0 aliphatic carbocycles. The van der Waals surface area contributed by atoms with E-state index in [1.165, 1.54) is 0 Å². The Hall–Kier alpha value is -2.63. The predicted octanol–water partition coefficient (Wildman–Crippen LogP) is 7.92. The Kier molecular flexibility index (Phi) is 9.10. The van der Waals surface area contributed by atoms with Crippen molar-refractivity contribution in [2.24, 2.45) is 7.05 Å². The number of benzene rings is 2. The van der Waals surface area contributed by atoms with Gasteiger partial charge < -0.3 is 14.2 Å². The second kappa shape index (κ2) is 12.0. The van der Waals surface area contributed by atoms with Crippen LogP contribution in [0.4, 0.5) is 0 Å². The lowest BCUT2D eigenvalue weighted by molar-refractivity contribution is 0.361. The van der Waals surface area contributed by atoms with Crippen molar-refractivity contribution in [1.29, 1.82) is 0 Å². The minimum absolute atomic E-state index is 0.191. The van der Waals surface area contributed by atoms with Crippen LogP contribution in [-0.2, 0) is 19.9 Å². The molecule has 7 heteroatoms.